The number of rotatable bonds is 7. The third-order valence-corrected chi connectivity index (χ3v) is 5.93. The van der Waals surface area contributed by atoms with E-state index in [1.54, 1.807) is 7.11 Å². The molecule has 0 spiro atoms. The van der Waals surface area contributed by atoms with Gasteiger partial charge in [-0.25, -0.2) is 4.98 Å². The van der Waals surface area contributed by atoms with Gasteiger partial charge in [0.15, 0.2) is 5.65 Å². The fraction of sp³-hybridized carbons (Fsp3) is 0.500. The summed E-state index contributed by atoms with van der Waals surface area (Å²) in [6, 6.07) is 6.26. The molecule has 0 saturated carbocycles. The van der Waals surface area contributed by atoms with Gasteiger partial charge >= 0.3 is 0 Å². The summed E-state index contributed by atoms with van der Waals surface area (Å²) in [7, 11) is 1.71. The molecule has 0 radical (unpaired) electrons. The van der Waals surface area contributed by atoms with Gasteiger partial charge in [-0.15, -0.1) is 0 Å². The molecular weight excluding hydrogens is 360 g/mol. The Labute approximate surface area is 173 Å². The number of fused-ring (bicyclic) bond motifs is 2. The Morgan fingerprint density at radius 3 is 2.52 bits per heavy atom. The van der Waals surface area contributed by atoms with Crippen LogP contribution < -0.4 is 9.64 Å². The van der Waals surface area contributed by atoms with Crippen molar-refractivity contribution in [2.45, 2.75) is 59.8 Å². The molecule has 0 saturated heterocycles. The van der Waals surface area contributed by atoms with Crippen LogP contribution in [0.5, 0.6) is 5.75 Å². The van der Waals surface area contributed by atoms with Gasteiger partial charge in [-0.1, -0.05) is 19.9 Å². The summed E-state index contributed by atoms with van der Waals surface area (Å²) in [6.45, 7) is 10.8. The zero-order valence-electron chi connectivity index (χ0n) is 18.4. The maximum Gasteiger partial charge on any atom is 0.165 e. The van der Waals surface area contributed by atoms with Crippen LogP contribution in [0.25, 0.3) is 16.8 Å². The normalized spacial score (nSPS) is 13.1. The number of anilines is 1. The lowest BCUT2D eigenvalue weighted by molar-refractivity contribution is 0.414. The van der Waals surface area contributed by atoms with Crippen molar-refractivity contribution >= 4 is 11.5 Å². The second kappa shape index (κ2) is 8.05. The highest BCUT2D eigenvalue weighted by Gasteiger charge is 2.27. The van der Waals surface area contributed by atoms with E-state index in [-0.39, 0.29) is 0 Å². The predicted molar refractivity (Wildman–Crippen MR) is 119 cm³/mol. The number of aromatic nitrogens is 3. The van der Waals surface area contributed by atoms with E-state index >= 15 is 0 Å². The third-order valence-electron chi connectivity index (χ3n) is 5.93. The molecule has 29 heavy (non-hydrogen) atoms. The number of nitrogens with zero attached hydrogens (tertiary/aromatic N) is 4. The zero-order chi connectivity index (χ0) is 20.5. The van der Waals surface area contributed by atoms with Crippen molar-refractivity contribution in [2.24, 2.45) is 0 Å². The molecule has 0 N–H and O–H groups in total. The molecule has 1 aliphatic carbocycles. The standard InChI is InChI=1S/C24H32N4O/c1-6-13-27(14-7-2)24-20-9-8-10-21(20)25-23-22(17(4)26-28(23)24)19-12-11-18(29-5)15-16(19)3/h11-12,15H,6-10,13-14H2,1-5H3. The van der Waals surface area contributed by atoms with Crippen LogP contribution in [-0.4, -0.2) is 34.8 Å². The second-order valence-corrected chi connectivity index (χ2v) is 8.08. The van der Waals surface area contributed by atoms with Gasteiger partial charge < -0.3 is 9.64 Å². The number of hydrogen-bond donors (Lipinski definition) is 0. The maximum atomic E-state index is 5.41. The summed E-state index contributed by atoms with van der Waals surface area (Å²) in [5.74, 6) is 2.15. The highest BCUT2D eigenvalue weighted by molar-refractivity contribution is 5.83. The van der Waals surface area contributed by atoms with Gasteiger partial charge in [0, 0.05) is 29.9 Å². The summed E-state index contributed by atoms with van der Waals surface area (Å²) in [4.78, 5) is 7.67. The van der Waals surface area contributed by atoms with Crippen LogP contribution in [-0.2, 0) is 12.8 Å². The number of aryl methyl sites for hydroxylation is 3. The highest BCUT2D eigenvalue weighted by atomic mass is 16.5. The second-order valence-electron chi connectivity index (χ2n) is 8.08. The van der Waals surface area contributed by atoms with Crippen molar-refractivity contribution in [2.75, 3.05) is 25.1 Å². The van der Waals surface area contributed by atoms with E-state index in [0.717, 1.165) is 61.4 Å². The Morgan fingerprint density at radius 1 is 1.10 bits per heavy atom. The Balaban J connectivity index is 1.98. The summed E-state index contributed by atoms with van der Waals surface area (Å²) < 4.78 is 7.54. The lowest BCUT2D eigenvalue weighted by Crippen LogP contribution is -2.29. The fourth-order valence-electron chi connectivity index (χ4n) is 4.66. The van der Waals surface area contributed by atoms with Gasteiger partial charge in [0.25, 0.3) is 0 Å². The first-order valence-electron chi connectivity index (χ1n) is 10.9. The SMILES string of the molecule is CCCN(CCC)c1c2c(nc3c(-c4ccc(OC)cc4C)c(C)nn13)CCC2. The molecule has 0 unspecified atom stereocenters. The minimum absolute atomic E-state index is 0.881. The molecule has 0 amide bonds. The Hall–Kier alpha value is -2.56. The Bertz CT molecular complexity index is 1030. The molecule has 2 aromatic heterocycles. The zero-order valence-corrected chi connectivity index (χ0v) is 18.4. The van der Waals surface area contributed by atoms with Gasteiger partial charge in [-0.3, -0.25) is 0 Å². The Morgan fingerprint density at radius 2 is 1.86 bits per heavy atom. The van der Waals surface area contributed by atoms with Crippen LogP contribution in [0.1, 0.15) is 55.6 Å². The van der Waals surface area contributed by atoms with Gasteiger partial charge in [-0.05, 0) is 69.2 Å². The van der Waals surface area contributed by atoms with Crippen molar-refractivity contribution in [3.63, 3.8) is 0 Å². The fourth-order valence-corrected chi connectivity index (χ4v) is 4.66. The van der Waals surface area contributed by atoms with E-state index in [1.165, 1.54) is 34.6 Å². The van der Waals surface area contributed by atoms with E-state index < -0.39 is 0 Å². The van der Waals surface area contributed by atoms with Crippen molar-refractivity contribution in [1.29, 1.82) is 0 Å². The van der Waals surface area contributed by atoms with Crippen LogP contribution in [0.4, 0.5) is 5.82 Å². The highest BCUT2D eigenvalue weighted by Crippen LogP contribution is 2.37. The number of benzene rings is 1. The van der Waals surface area contributed by atoms with Crippen molar-refractivity contribution in [1.82, 2.24) is 14.6 Å². The van der Waals surface area contributed by atoms with E-state index in [9.17, 15) is 0 Å². The minimum atomic E-state index is 0.881. The predicted octanol–water partition coefficient (Wildman–Crippen LogP) is 5.14. The van der Waals surface area contributed by atoms with Crippen LogP contribution in [0.3, 0.4) is 0 Å². The van der Waals surface area contributed by atoms with Crippen LogP contribution in [0.15, 0.2) is 18.2 Å². The van der Waals surface area contributed by atoms with Crippen LogP contribution in [0, 0.1) is 13.8 Å². The molecule has 4 rings (SSSR count). The molecule has 3 aromatic rings. The quantitative estimate of drug-likeness (QED) is 0.558. The van der Waals surface area contributed by atoms with Crippen molar-refractivity contribution in [3.05, 3.63) is 40.7 Å². The average molecular weight is 393 g/mol. The molecule has 0 bridgehead atoms. The monoisotopic (exact) mass is 392 g/mol. The first-order valence-corrected chi connectivity index (χ1v) is 10.9. The maximum absolute atomic E-state index is 5.41. The molecule has 0 fully saturated rings. The smallest absolute Gasteiger partial charge is 0.165 e. The van der Waals surface area contributed by atoms with Crippen molar-refractivity contribution < 1.29 is 4.74 Å². The molecule has 0 atom stereocenters. The molecular formula is C24H32N4O. The van der Waals surface area contributed by atoms with Crippen LogP contribution in [0.2, 0.25) is 0 Å². The van der Waals surface area contributed by atoms with E-state index in [0.29, 0.717) is 0 Å². The van der Waals surface area contributed by atoms with Gasteiger partial charge in [-0.2, -0.15) is 9.61 Å². The molecule has 5 nitrogen and oxygen atoms in total. The van der Waals surface area contributed by atoms with E-state index in [1.807, 2.05) is 6.07 Å². The summed E-state index contributed by atoms with van der Waals surface area (Å²) in [6.07, 6.45) is 5.61. The molecule has 0 aliphatic heterocycles. The molecule has 5 heteroatoms. The third kappa shape index (κ3) is 3.37. The minimum Gasteiger partial charge on any atom is -0.497 e. The van der Waals surface area contributed by atoms with Gasteiger partial charge in [0.05, 0.1) is 12.8 Å². The molecule has 1 aliphatic rings. The lowest BCUT2D eigenvalue weighted by atomic mass is 10.0. The molecule has 1 aromatic carbocycles. The first-order chi connectivity index (χ1) is 14.1. The Kier molecular flexibility index (Phi) is 5.48. The summed E-state index contributed by atoms with van der Waals surface area (Å²) >= 11 is 0. The first kappa shape index (κ1) is 19.7. The topological polar surface area (TPSA) is 42.7 Å². The lowest BCUT2D eigenvalue weighted by Gasteiger charge is -2.26. The summed E-state index contributed by atoms with van der Waals surface area (Å²) in [5.41, 5.74) is 8.20. The van der Waals surface area contributed by atoms with E-state index in [2.05, 4.69) is 49.2 Å². The summed E-state index contributed by atoms with van der Waals surface area (Å²) in [5, 5.41) is 5.02. The van der Waals surface area contributed by atoms with Crippen molar-refractivity contribution in [3.8, 4) is 16.9 Å². The van der Waals surface area contributed by atoms with E-state index in [4.69, 9.17) is 14.8 Å². The van der Waals surface area contributed by atoms with Gasteiger partial charge in [0.1, 0.15) is 11.6 Å². The largest absolute Gasteiger partial charge is 0.497 e. The van der Waals surface area contributed by atoms with Crippen LogP contribution >= 0.6 is 0 Å². The average Bonchev–Trinajstić information content (AvgIpc) is 3.29. The number of ether oxygens (including phenoxy) is 1. The number of hydrogen-bond acceptors (Lipinski definition) is 4. The number of methoxy groups -OCH3 is 1. The molecule has 2 heterocycles. The van der Waals surface area contributed by atoms with Gasteiger partial charge in [0.2, 0.25) is 0 Å². The molecule has 154 valence electrons.